The van der Waals surface area contributed by atoms with Gasteiger partial charge in [0.15, 0.2) is 5.11 Å². The molecule has 2 aromatic carbocycles. The van der Waals surface area contributed by atoms with Crippen LogP contribution in [0.5, 0.6) is 0 Å². The van der Waals surface area contributed by atoms with Crippen molar-refractivity contribution in [1.82, 2.24) is 4.31 Å². The van der Waals surface area contributed by atoms with Crippen molar-refractivity contribution in [3.8, 4) is 0 Å². The van der Waals surface area contributed by atoms with E-state index in [1.54, 1.807) is 30.3 Å². The lowest BCUT2D eigenvalue weighted by atomic mass is 10.2. The van der Waals surface area contributed by atoms with Gasteiger partial charge in [-0.1, -0.05) is 18.6 Å². The Hall–Kier alpha value is -2.56. The summed E-state index contributed by atoms with van der Waals surface area (Å²) in [4.78, 5) is 10.8. The maximum Gasteiger partial charge on any atom is 0.292 e. The summed E-state index contributed by atoms with van der Waals surface area (Å²) < 4.78 is 26.8. The van der Waals surface area contributed by atoms with Crippen LogP contribution < -0.4 is 10.6 Å². The SMILES string of the molecule is O=[N+]([O-])c1ccccc1NC(=S)Nc1ccc(S(=O)(=O)N2CCCCC2)cc1. The van der Waals surface area contributed by atoms with E-state index in [0.29, 0.717) is 18.8 Å². The highest BCUT2D eigenvalue weighted by Gasteiger charge is 2.25. The van der Waals surface area contributed by atoms with Crippen LogP contribution in [0.1, 0.15) is 19.3 Å². The van der Waals surface area contributed by atoms with Crippen LogP contribution in [0.3, 0.4) is 0 Å². The van der Waals surface area contributed by atoms with E-state index in [1.807, 2.05) is 0 Å². The number of nitro groups is 1. The molecule has 0 aromatic heterocycles. The van der Waals surface area contributed by atoms with Gasteiger partial charge < -0.3 is 10.6 Å². The fourth-order valence-electron chi connectivity index (χ4n) is 2.99. The summed E-state index contributed by atoms with van der Waals surface area (Å²) in [6, 6.07) is 12.5. The van der Waals surface area contributed by atoms with Gasteiger partial charge in [-0.25, -0.2) is 8.42 Å². The number of sulfonamides is 1. The molecule has 10 heteroatoms. The Labute approximate surface area is 168 Å². The van der Waals surface area contributed by atoms with Crippen molar-refractivity contribution in [1.29, 1.82) is 0 Å². The third-order valence-electron chi connectivity index (χ3n) is 4.41. The maximum absolute atomic E-state index is 12.7. The van der Waals surface area contributed by atoms with Crippen molar-refractivity contribution in [2.24, 2.45) is 0 Å². The van der Waals surface area contributed by atoms with Crippen LogP contribution in [0.15, 0.2) is 53.4 Å². The summed E-state index contributed by atoms with van der Waals surface area (Å²) in [5, 5.41) is 16.9. The fourth-order valence-corrected chi connectivity index (χ4v) is 4.73. The first-order chi connectivity index (χ1) is 13.4. The normalized spacial score (nSPS) is 15.0. The summed E-state index contributed by atoms with van der Waals surface area (Å²) in [6.07, 6.45) is 2.81. The number of nitrogens with zero attached hydrogens (tertiary/aromatic N) is 2. The number of anilines is 2. The Morgan fingerprint density at radius 3 is 2.29 bits per heavy atom. The molecule has 2 aromatic rings. The van der Waals surface area contributed by atoms with Gasteiger partial charge in [-0.05, 0) is 55.4 Å². The molecule has 28 heavy (non-hydrogen) atoms. The molecule has 1 fully saturated rings. The Kier molecular flexibility index (Phi) is 6.22. The zero-order valence-electron chi connectivity index (χ0n) is 15.0. The highest BCUT2D eigenvalue weighted by Crippen LogP contribution is 2.24. The lowest BCUT2D eigenvalue weighted by Crippen LogP contribution is -2.35. The van der Waals surface area contributed by atoms with Gasteiger partial charge in [0.05, 0.1) is 9.82 Å². The molecule has 1 aliphatic heterocycles. The second-order valence-electron chi connectivity index (χ2n) is 6.34. The first-order valence-corrected chi connectivity index (χ1v) is 10.6. The van der Waals surface area contributed by atoms with Crippen molar-refractivity contribution in [2.75, 3.05) is 23.7 Å². The lowest BCUT2D eigenvalue weighted by Gasteiger charge is -2.25. The number of nitrogens with one attached hydrogen (secondary N) is 2. The van der Waals surface area contributed by atoms with Gasteiger partial charge in [-0.15, -0.1) is 0 Å². The highest BCUT2D eigenvalue weighted by atomic mass is 32.2. The van der Waals surface area contributed by atoms with Gasteiger partial charge >= 0.3 is 0 Å². The van der Waals surface area contributed by atoms with Gasteiger partial charge in [-0.2, -0.15) is 4.31 Å². The molecule has 0 atom stereocenters. The Balaban J connectivity index is 1.67. The van der Waals surface area contributed by atoms with Crippen LogP contribution in [0.4, 0.5) is 17.1 Å². The molecule has 1 saturated heterocycles. The molecule has 1 heterocycles. The molecule has 0 unspecified atom stereocenters. The molecule has 0 bridgehead atoms. The smallest absolute Gasteiger partial charge is 0.292 e. The number of hydrogen-bond acceptors (Lipinski definition) is 5. The summed E-state index contributed by atoms with van der Waals surface area (Å²) in [7, 11) is -3.49. The number of piperidine rings is 1. The van der Waals surface area contributed by atoms with E-state index in [0.717, 1.165) is 19.3 Å². The number of nitro benzene ring substituents is 1. The zero-order chi connectivity index (χ0) is 20.1. The third-order valence-corrected chi connectivity index (χ3v) is 6.53. The number of hydrogen-bond donors (Lipinski definition) is 2. The van der Waals surface area contributed by atoms with Gasteiger partial charge in [-0.3, -0.25) is 10.1 Å². The minimum Gasteiger partial charge on any atom is -0.332 e. The molecule has 148 valence electrons. The van der Waals surface area contributed by atoms with Crippen LogP contribution in [0.2, 0.25) is 0 Å². The van der Waals surface area contributed by atoms with Crippen molar-refractivity contribution in [2.45, 2.75) is 24.2 Å². The molecule has 0 amide bonds. The second-order valence-corrected chi connectivity index (χ2v) is 8.69. The summed E-state index contributed by atoms with van der Waals surface area (Å²) in [5.41, 5.74) is 0.762. The first kappa shape index (κ1) is 20.2. The molecular formula is C18H20N4O4S2. The van der Waals surface area contributed by atoms with Crippen LogP contribution in [0, 0.1) is 10.1 Å². The van der Waals surface area contributed by atoms with Crippen LogP contribution in [0.25, 0.3) is 0 Å². The molecule has 3 rings (SSSR count). The molecule has 0 spiro atoms. The number of rotatable bonds is 5. The quantitative estimate of drug-likeness (QED) is 0.433. The van der Waals surface area contributed by atoms with E-state index < -0.39 is 14.9 Å². The van der Waals surface area contributed by atoms with E-state index in [9.17, 15) is 18.5 Å². The predicted octanol–water partition coefficient (Wildman–Crippen LogP) is 3.58. The minimum absolute atomic E-state index is 0.0883. The van der Waals surface area contributed by atoms with Crippen molar-refractivity contribution >= 4 is 44.4 Å². The van der Waals surface area contributed by atoms with E-state index >= 15 is 0 Å². The van der Waals surface area contributed by atoms with Gasteiger partial charge in [0.2, 0.25) is 10.0 Å². The standard InChI is InChI=1S/C18H20N4O4S2/c23-22(24)17-7-3-2-6-16(17)20-18(27)19-14-8-10-15(11-9-14)28(25,26)21-12-4-1-5-13-21/h2-3,6-11H,1,4-5,12-13H2,(H2,19,20,27). The summed E-state index contributed by atoms with van der Waals surface area (Å²) in [5.74, 6) is 0. The van der Waals surface area contributed by atoms with Crippen molar-refractivity contribution in [3.63, 3.8) is 0 Å². The zero-order valence-corrected chi connectivity index (χ0v) is 16.6. The van der Waals surface area contributed by atoms with Crippen LogP contribution in [-0.4, -0.2) is 35.8 Å². The average Bonchev–Trinajstić information content (AvgIpc) is 2.69. The van der Waals surface area contributed by atoms with Gasteiger partial charge in [0.1, 0.15) is 5.69 Å². The Morgan fingerprint density at radius 2 is 1.64 bits per heavy atom. The highest BCUT2D eigenvalue weighted by molar-refractivity contribution is 7.89. The van der Waals surface area contributed by atoms with E-state index in [4.69, 9.17) is 12.2 Å². The van der Waals surface area contributed by atoms with Crippen LogP contribution >= 0.6 is 12.2 Å². The lowest BCUT2D eigenvalue weighted by molar-refractivity contribution is -0.383. The third kappa shape index (κ3) is 4.64. The number of thiocarbonyl (C=S) groups is 1. The topological polar surface area (TPSA) is 105 Å². The van der Waals surface area contributed by atoms with Crippen LogP contribution in [-0.2, 0) is 10.0 Å². The molecule has 8 nitrogen and oxygen atoms in total. The van der Waals surface area contributed by atoms with Crippen molar-refractivity contribution < 1.29 is 13.3 Å². The van der Waals surface area contributed by atoms with E-state index in [2.05, 4.69) is 10.6 Å². The monoisotopic (exact) mass is 420 g/mol. The Bertz CT molecular complexity index is 971. The Morgan fingerprint density at radius 1 is 1.00 bits per heavy atom. The second kappa shape index (κ2) is 8.63. The molecule has 0 saturated carbocycles. The average molecular weight is 421 g/mol. The molecule has 1 aliphatic rings. The predicted molar refractivity (Wildman–Crippen MR) is 112 cm³/mol. The first-order valence-electron chi connectivity index (χ1n) is 8.79. The summed E-state index contributed by atoms with van der Waals surface area (Å²) in [6.45, 7) is 1.10. The molecular weight excluding hydrogens is 400 g/mol. The van der Waals surface area contributed by atoms with E-state index in [-0.39, 0.29) is 21.4 Å². The molecule has 0 aliphatic carbocycles. The maximum atomic E-state index is 12.7. The van der Waals surface area contributed by atoms with E-state index in [1.165, 1.54) is 22.5 Å². The summed E-state index contributed by atoms with van der Waals surface area (Å²) >= 11 is 5.20. The molecule has 0 radical (unpaired) electrons. The number of benzene rings is 2. The molecule has 2 N–H and O–H groups in total. The van der Waals surface area contributed by atoms with Gasteiger partial charge in [0.25, 0.3) is 5.69 Å². The number of para-hydroxylation sites is 2. The van der Waals surface area contributed by atoms with Gasteiger partial charge in [0, 0.05) is 24.8 Å². The fraction of sp³-hybridized carbons (Fsp3) is 0.278. The largest absolute Gasteiger partial charge is 0.332 e. The minimum atomic E-state index is -3.49. The van der Waals surface area contributed by atoms with Crippen molar-refractivity contribution in [3.05, 3.63) is 58.6 Å².